The number of unbranched alkanes of at least 4 members (excludes halogenated alkanes) is 1. The minimum Gasteiger partial charge on any atom is -0.0654 e. The van der Waals surface area contributed by atoms with E-state index in [2.05, 4.69) is 27.7 Å². The molecule has 0 nitrogen and oxygen atoms in total. The van der Waals surface area contributed by atoms with E-state index in [1.54, 1.807) is 38.5 Å². The van der Waals surface area contributed by atoms with Crippen LogP contribution < -0.4 is 0 Å². The van der Waals surface area contributed by atoms with Gasteiger partial charge in [0.05, 0.1) is 0 Å². The molecule has 0 amide bonds. The first-order chi connectivity index (χ1) is 9.49. The van der Waals surface area contributed by atoms with E-state index in [9.17, 15) is 0 Å². The summed E-state index contributed by atoms with van der Waals surface area (Å²) in [5.41, 5.74) is 1.30. The molecule has 4 saturated carbocycles. The minimum absolute atomic E-state index is 0.559. The van der Waals surface area contributed by atoms with Gasteiger partial charge < -0.3 is 0 Å². The quantitative estimate of drug-likeness (QED) is 0.523. The maximum atomic E-state index is 2.53. The normalized spacial score (nSPS) is 43.2. The van der Waals surface area contributed by atoms with E-state index in [-0.39, 0.29) is 0 Å². The molecule has 0 N–H and O–H groups in total. The van der Waals surface area contributed by atoms with Crippen molar-refractivity contribution in [3.63, 3.8) is 0 Å². The molecule has 0 aromatic carbocycles. The van der Waals surface area contributed by atoms with Crippen LogP contribution in [-0.4, -0.2) is 0 Å². The van der Waals surface area contributed by atoms with Gasteiger partial charge in [0.15, 0.2) is 0 Å². The molecule has 0 heterocycles. The zero-order valence-corrected chi connectivity index (χ0v) is 14.4. The van der Waals surface area contributed by atoms with Gasteiger partial charge in [-0.1, -0.05) is 47.0 Å². The van der Waals surface area contributed by atoms with Crippen LogP contribution in [-0.2, 0) is 0 Å². The Balaban J connectivity index is 1.85. The molecule has 0 heteroatoms. The molecule has 0 spiro atoms. The van der Waals surface area contributed by atoms with Gasteiger partial charge in [0.2, 0.25) is 0 Å². The topological polar surface area (TPSA) is 0 Å². The summed E-state index contributed by atoms with van der Waals surface area (Å²) in [4.78, 5) is 0. The van der Waals surface area contributed by atoms with Crippen LogP contribution in [0.3, 0.4) is 0 Å². The second-order valence-electron chi connectivity index (χ2n) is 9.34. The predicted octanol–water partition coefficient (Wildman–Crippen LogP) is 6.45. The zero-order valence-electron chi connectivity index (χ0n) is 14.4. The molecule has 4 rings (SSSR count). The Morgan fingerprint density at radius 3 is 1.90 bits per heavy atom. The first-order valence-electron chi connectivity index (χ1n) is 9.49. The van der Waals surface area contributed by atoms with Gasteiger partial charge >= 0.3 is 0 Å². The summed E-state index contributed by atoms with van der Waals surface area (Å²) in [6.07, 6.45) is 15.2. The largest absolute Gasteiger partial charge is 0.0654 e. The van der Waals surface area contributed by atoms with Crippen LogP contribution in [0.5, 0.6) is 0 Å². The van der Waals surface area contributed by atoms with Crippen molar-refractivity contribution in [1.29, 1.82) is 0 Å². The van der Waals surface area contributed by atoms with Gasteiger partial charge in [-0.3, -0.25) is 0 Å². The standard InChI is InChI=1S/C20H36/c1-5-7-8-20(14-19(3,4)6-2)17-10-15-9-16(12-17)13-18(20)11-15/h15-18H,5-14H2,1-4H3. The van der Waals surface area contributed by atoms with Crippen molar-refractivity contribution in [3.8, 4) is 0 Å². The van der Waals surface area contributed by atoms with Crippen molar-refractivity contribution < 1.29 is 0 Å². The van der Waals surface area contributed by atoms with E-state index in [1.807, 2.05) is 0 Å². The van der Waals surface area contributed by atoms with Gasteiger partial charge in [0, 0.05) is 0 Å². The van der Waals surface area contributed by atoms with Crippen molar-refractivity contribution in [3.05, 3.63) is 0 Å². The molecule has 0 saturated heterocycles. The Kier molecular flexibility index (Phi) is 3.97. The molecule has 4 aliphatic rings. The summed E-state index contributed by atoms with van der Waals surface area (Å²) >= 11 is 0. The highest BCUT2D eigenvalue weighted by Gasteiger charge is 2.57. The predicted molar refractivity (Wildman–Crippen MR) is 87.7 cm³/mol. The third kappa shape index (κ3) is 2.46. The average Bonchev–Trinajstić information content (AvgIpc) is 2.41. The highest BCUT2D eigenvalue weighted by atomic mass is 14.6. The van der Waals surface area contributed by atoms with Crippen LogP contribution in [0.2, 0.25) is 0 Å². The Morgan fingerprint density at radius 2 is 1.45 bits per heavy atom. The summed E-state index contributed by atoms with van der Waals surface area (Å²) < 4.78 is 0. The lowest BCUT2D eigenvalue weighted by Gasteiger charge is -2.63. The van der Waals surface area contributed by atoms with Crippen LogP contribution in [0, 0.1) is 34.5 Å². The molecule has 4 aliphatic carbocycles. The van der Waals surface area contributed by atoms with Crippen LogP contribution >= 0.6 is 0 Å². The van der Waals surface area contributed by atoms with E-state index < -0.39 is 0 Å². The molecule has 4 bridgehead atoms. The number of rotatable bonds is 6. The summed E-state index contributed by atoms with van der Waals surface area (Å²) in [5.74, 6) is 4.43. The van der Waals surface area contributed by atoms with Gasteiger partial charge in [-0.15, -0.1) is 0 Å². The van der Waals surface area contributed by atoms with Gasteiger partial charge in [-0.05, 0) is 79.4 Å². The maximum absolute atomic E-state index is 2.53. The highest BCUT2D eigenvalue weighted by Crippen LogP contribution is 2.66. The molecule has 0 unspecified atom stereocenters. The second kappa shape index (κ2) is 5.33. The van der Waals surface area contributed by atoms with Gasteiger partial charge in [0.25, 0.3) is 0 Å². The summed E-state index contributed by atoms with van der Waals surface area (Å²) in [7, 11) is 0. The van der Waals surface area contributed by atoms with Gasteiger partial charge in [0.1, 0.15) is 0 Å². The SMILES string of the molecule is CCCCC1(CC(C)(C)CC)C2CC3CC(C2)CC1C3. The summed E-state index contributed by atoms with van der Waals surface area (Å²) in [6.45, 7) is 9.86. The van der Waals surface area contributed by atoms with Gasteiger partial charge in [-0.2, -0.15) is 0 Å². The fraction of sp³-hybridized carbons (Fsp3) is 1.00. The molecule has 0 atom stereocenters. The van der Waals surface area contributed by atoms with E-state index in [0.717, 1.165) is 29.1 Å². The molecule has 4 fully saturated rings. The lowest BCUT2D eigenvalue weighted by atomic mass is 9.42. The molecular formula is C20H36. The third-order valence-corrected chi connectivity index (χ3v) is 7.52. The lowest BCUT2D eigenvalue weighted by molar-refractivity contribution is -0.133. The van der Waals surface area contributed by atoms with Crippen molar-refractivity contribution in [2.45, 2.75) is 91.9 Å². The number of hydrogen-bond acceptors (Lipinski definition) is 0. The van der Waals surface area contributed by atoms with Crippen molar-refractivity contribution in [1.82, 2.24) is 0 Å². The fourth-order valence-electron chi connectivity index (χ4n) is 6.43. The van der Waals surface area contributed by atoms with E-state index in [1.165, 1.54) is 25.7 Å². The number of hydrogen-bond donors (Lipinski definition) is 0. The molecule has 0 aromatic rings. The zero-order chi connectivity index (χ0) is 14.4. The van der Waals surface area contributed by atoms with Crippen LogP contribution in [0.25, 0.3) is 0 Å². The van der Waals surface area contributed by atoms with Crippen molar-refractivity contribution in [2.24, 2.45) is 34.5 Å². The third-order valence-electron chi connectivity index (χ3n) is 7.52. The molecular weight excluding hydrogens is 240 g/mol. The first-order valence-corrected chi connectivity index (χ1v) is 9.49. The van der Waals surface area contributed by atoms with Gasteiger partial charge in [-0.25, -0.2) is 0 Å². The van der Waals surface area contributed by atoms with Crippen LogP contribution in [0.1, 0.15) is 91.9 Å². The Morgan fingerprint density at radius 1 is 0.900 bits per heavy atom. The molecule has 0 radical (unpaired) electrons. The Labute approximate surface area is 127 Å². The molecule has 0 aliphatic heterocycles. The fourth-order valence-corrected chi connectivity index (χ4v) is 6.43. The van der Waals surface area contributed by atoms with Crippen LogP contribution in [0.4, 0.5) is 0 Å². The lowest BCUT2D eigenvalue weighted by Crippen LogP contribution is -2.54. The van der Waals surface area contributed by atoms with Crippen LogP contribution in [0.15, 0.2) is 0 Å². The average molecular weight is 277 g/mol. The Bertz CT molecular complexity index is 310. The van der Waals surface area contributed by atoms with Crippen molar-refractivity contribution in [2.75, 3.05) is 0 Å². The molecule has 20 heavy (non-hydrogen) atoms. The summed E-state index contributed by atoms with van der Waals surface area (Å²) in [6, 6.07) is 0. The van der Waals surface area contributed by atoms with Crippen molar-refractivity contribution >= 4 is 0 Å². The highest BCUT2D eigenvalue weighted by molar-refractivity contribution is 5.07. The first kappa shape index (κ1) is 14.9. The van der Waals surface area contributed by atoms with E-state index >= 15 is 0 Å². The maximum Gasteiger partial charge on any atom is -0.0235 e. The van der Waals surface area contributed by atoms with E-state index in [0.29, 0.717) is 5.41 Å². The second-order valence-corrected chi connectivity index (χ2v) is 9.34. The van der Waals surface area contributed by atoms with E-state index in [4.69, 9.17) is 0 Å². The monoisotopic (exact) mass is 276 g/mol. The minimum atomic E-state index is 0.559. The molecule has 116 valence electrons. The Hall–Kier alpha value is 0. The molecule has 0 aromatic heterocycles. The summed E-state index contributed by atoms with van der Waals surface area (Å²) in [5, 5.41) is 0. The smallest absolute Gasteiger partial charge is 0.0235 e.